The predicted octanol–water partition coefficient (Wildman–Crippen LogP) is 5.47. The van der Waals surface area contributed by atoms with Crippen LogP contribution in [0.3, 0.4) is 0 Å². The molecule has 0 atom stereocenters. The molecule has 1 aromatic heterocycles. The van der Waals surface area contributed by atoms with Crippen LogP contribution in [-0.2, 0) is 0 Å². The number of anilines is 1. The summed E-state index contributed by atoms with van der Waals surface area (Å²) >= 11 is 0. The van der Waals surface area contributed by atoms with Gasteiger partial charge in [-0.1, -0.05) is 42.0 Å². The molecule has 4 aromatic rings. The first-order valence-electron chi connectivity index (χ1n) is 9.06. The highest BCUT2D eigenvalue weighted by Crippen LogP contribution is 2.26. The molecule has 0 aliphatic rings. The van der Waals surface area contributed by atoms with Gasteiger partial charge in [0.25, 0.3) is 5.91 Å². The standard InChI is InChI=1S/C24H20N2O2/c1-16-6-5-7-17(14-16)23-15-21(20-8-3-4-9-22(20)26-23)24(27)25-18-10-12-19(28-2)13-11-18/h3-15H,1-2H3,(H,25,27). The van der Waals surface area contributed by atoms with Crippen molar-refractivity contribution >= 4 is 22.5 Å². The van der Waals surface area contributed by atoms with Crippen molar-refractivity contribution in [3.63, 3.8) is 0 Å². The molecule has 1 amide bonds. The normalized spacial score (nSPS) is 10.6. The van der Waals surface area contributed by atoms with Gasteiger partial charge in [0.1, 0.15) is 5.75 Å². The van der Waals surface area contributed by atoms with Gasteiger partial charge in [0.05, 0.1) is 23.9 Å². The number of carbonyl (C=O) groups excluding carboxylic acids is 1. The van der Waals surface area contributed by atoms with Crippen molar-refractivity contribution in [3.05, 3.63) is 90.0 Å². The topological polar surface area (TPSA) is 51.2 Å². The fraction of sp³-hybridized carbons (Fsp3) is 0.0833. The number of aromatic nitrogens is 1. The van der Waals surface area contributed by atoms with Gasteiger partial charge in [-0.15, -0.1) is 0 Å². The SMILES string of the molecule is COc1ccc(NC(=O)c2cc(-c3cccc(C)c3)nc3ccccc23)cc1. The number of benzene rings is 3. The lowest BCUT2D eigenvalue weighted by Gasteiger charge is -2.11. The molecule has 138 valence electrons. The molecule has 0 saturated heterocycles. The van der Waals surface area contributed by atoms with Crippen LogP contribution in [-0.4, -0.2) is 18.0 Å². The summed E-state index contributed by atoms with van der Waals surface area (Å²) in [6.45, 7) is 2.04. The number of nitrogens with one attached hydrogen (secondary N) is 1. The van der Waals surface area contributed by atoms with Gasteiger partial charge in [-0.05, 0) is 49.4 Å². The number of para-hydroxylation sites is 1. The van der Waals surface area contributed by atoms with Crippen LogP contribution in [0.5, 0.6) is 5.75 Å². The van der Waals surface area contributed by atoms with Crippen LogP contribution in [0.2, 0.25) is 0 Å². The molecule has 1 N–H and O–H groups in total. The van der Waals surface area contributed by atoms with Crippen molar-refractivity contribution < 1.29 is 9.53 Å². The Bertz CT molecular complexity index is 1150. The molecule has 0 aliphatic carbocycles. The zero-order valence-electron chi connectivity index (χ0n) is 15.8. The van der Waals surface area contributed by atoms with Crippen LogP contribution in [0.4, 0.5) is 5.69 Å². The molecule has 4 nitrogen and oxygen atoms in total. The highest BCUT2D eigenvalue weighted by atomic mass is 16.5. The van der Waals surface area contributed by atoms with Crippen LogP contribution in [0.1, 0.15) is 15.9 Å². The van der Waals surface area contributed by atoms with E-state index in [2.05, 4.69) is 11.4 Å². The number of rotatable bonds is 4. The van der Waals surface area contributed by atoms with Crippen LogP contribution < -0.4 is 10.1 Å². The second-order valence-electron chi connectivity index (χ2n) is 6.62. The Morgan fingerprint density at radius 2 is 1.71 bits per heavy atom. The molecule has 0 bridgehead atoms. The minimum Gasteiger partial charge on any atom is -0.497 e. The summed E-state index contributed by atoms with van der Waals surface area (Å²) in [5.41, 5.74) is 5.02. The number of pyridine rings is 1. The Labute approximate surface area is 163 Å². The third-order valence-electron chi connectivity index (χ3n) is 4.62. The first kappa shape index (κ1) is 17.7. The van der Waals surface area contributed by atoms with Crippen LogP contribution in [0.25, 0.3) is 22.2 Å². The summed E-state index contributed by atoms with van der Waals surface area (Å²) in [4.78, 5) is 17.8. The first-order chi connectivity index (χ1) is 13.6. The maximum Gasteiger partial charge on any atom is 0.256 e. The molecule has 0 fully saturated rings. The van der Waals surface area contributed by atoms with Gasteiger partial charge in [0.2, 0.25) is 0 Å². The van der Waals surface area contributed by atoms with Crippen LogP contribution in [0, 0.1) is 6.92 Å². The van der Waals surface area contributed by atoms with E-state index < -0.39 is 0 Å². The summed E-state index contributed by atoms with van der Waals surface area (Å²) in [6.07, 6.45) is 0. The molecule has 0 radical (unpaired) electrons. The lowest BCUT2D eigenvalue weighted by molar-refractivity contribution is 0.102. The van der Waals surface area contributed by atoms with Gasteiger partial charge in [0.15, 0.2) is 0 Å². The van der Waals surface area contributed by atoms with E-state index in [1.54, 1.807) is 7.11 Å². The maximum atomic E-state index is 13.1. The molecule has 3 aromatic carbocycles. The number of fused-ring (bicyclic) bond motifs is 1. The molecule has 28 heavy (non-hydrogen) atoms. The molecular formula is C24H20N2O2. The predicted molar refractivity (Wildman–Crippen MR) is 113 cm³/mol. The quantitative estimate of drug-likeness (QED) is 0.519. The lowest BCUT2D eigenvalue weighted by atomic mass is 10.0. The minimum atomic E-state index is -0.169. The van der Waals surface area contributed by atoms with Crippen molar-refractivity contribution in [1.82, 2.24) is 4.98 Å². The third kappa shape index (κ3) is 3.58. The van der Waals surface area contributed by atoms with Crippen LogP contribution >= 0.6 is 0 Å². The Morgan fingerprint density at radius 1 is 0.929 bits per heavy atom. The Balaban J connectivity index is 1.77. The Hall–Kier alpha value is -3.66. The molecule has 0 spiro atoms. The zero-order valence-corrected chi connectivity index (χ0v) is 15.8. The lowest BCUT2D eigenvalue weighted by Crippen LogP contribution is -2.13. The number of carbonyl (C=O) groups is 1. The molecule has 0 unspecified atom stereocenters. The van der Waals surface area contributed by atoms with E-state index in [1.807, 2.05) is 79.7 Å². The van der Waals surface area contributed by atoms with E-state index in [0.717, 1.165) is 33.5 Å². The van der Waals surface area contributed by atoms with Crippen LogP contribution in [0.15, 0.2) is 78.9 Å². The van der Waals surface area contributed by atoms with Crippen molar-refractivity contribution in [2.75, 3.05) is 12.4 Å². The maximum absolute atomic E-state index is 13.1. The summed E-state index contributed by atoms with van der Waals surface area (Å²) in [7, 11) is 1.61. The zero-order chi connectivity index (χ0) is 19.5. The van der Waals surface area contributed by atoms with E-state index in [1.165, 1.54) is 0 Å². The molecule has 1 heterocycles. The second-order valence-corrected chi connectivity index (χ2v) is 6.62. The molecule has 4 rings (SSSR count). The van der Waals surface area contributed by atoms with Crippen molar-refractivity contribution in [2.24, 2.45) is 0 Å². The van der Waals surface area contributed by atoms with E-state index in [0.29, 0.717) is 11.3 Å². The fourth-order valence-corrected chi connectivity index (χ4v) is 3.19. The first-order valence-corrected chi connectivity index (χ1v) is 9.06. The van der Waals surface area contributed by atoms with E-state index >= 15 is 0 Å². The molecule has 0 aliphatic heterocycles. The van der Waals surface area contributed by atoms with Gasteiger partial charge in [-0.2, -0.15) is 0 Å². The smallest absolute Gasteiger partial charge is 0.256 e. The Morgan fingerprint density at radius 3 is 2.46 bits per heavy atom. The number of nitrogens with zero attached hydrogens (tertiary/aromatic N) is 1. The number of hydrogen-bond donors (Lipinski definition) is 1. The van der Waals surface area contributed by atoms with E-state index in [9.17, 15) is 4.79 Å². The summed E-state index contributed by atoms with van der Waals surface area (Å²) < 4.78 is 5.17. The van der Waals surface area contributed by atoms with E-state index in [-0.39, 0.29) is 5.91 Å². The van der Waals surface area contributed by atoms with Gasteiger partial charge in [-0.3, -0.25) is 4.79 Å². The average Bonchev–Trinajstić information content (AvgIpc) is 2.73. The highest BCUT2D eigenvalue weighted by Gasteiger charge is 2.14. The third-order valence-corrected chi connectivity index (χ3v) is 4.62. The second kappa shape index (κ2) is 7.53. The fourth-order valence-electron chi connectivity index (χ4n) is 3.19. The molecule has 0 saturated carbocycles. The Kier molecular flexibility index (Phi) is 4.77. The summed E-state index contributed by atoms with van der Waals surface area (Å²) in [5.74, 6) is 0.576. The van der Waals surface area contributed by atoms with Gasteiger partial charge in [-0.25, -0.2) is 4.98 Å². The largest absolute Gasteiger partial charge is 0.497 e. The molecular weight excluding hydrogens is 348 g/mol. The monoisotopic (exact) mass is 368 g/mol. The number of amides is 1. The van der Waals surface area contributed by atoms with Gasteiger partial charge < -0.3 is 10.1 Å². The van der Waals surface area contributed by atoms with Crippen molar-refractivity contribution in [2.45, 2.75) is 6.92 Å². The summed E-state index contributed by atoms with van der Waals surface area (Å²) in [6, 6.07) is 25.0. The number of hydrogen-bond acceptors (Lipinski definition) is 3. The van der Waals surface area contributed by atoms with Crippen molar-refractivity contribution in [1.29, 1.82) is 0 Å². The number of aryl methyl sites for hydroxylation is 1. The average molecular weight is 368 g/mol. The number of methoxy groups -OCH3 is 1. The summed E-state index contributed by atoms with van der Waals surface area (Å²) in [5, 5.41) is 3.79. The van der Waals surface area contributed by atoms with Crippen molar-refractivity contribution in [3.8, 4) is 17.0 Å². The van der Waals surface area contributed by atoms with Gasteiger partial charge in [0, 0.05) is 16.6 Å². The van der Waals surface area contributed by atoms with Gasteiger partial charge >= 0.3 is 0 Å². The number of ether oxygens (including phenoxy) is 1. The highest BCUT2D eigenvalue weighted by molar-refractivity contribution is 6.13. The molecule has 4 heteroatoms. The van der Waals surface area contributed by atoms with E-state index in [4.69, 9.17) is 9.72 Å². The minimum absolute atomic E-state index is 0.169.